The lowest BCUT2D eigenvalue weighted by atomic mass is 10.2. The summed E-state index contributed by atoms with van der Waals surface area (Å²) in [6, 6.07) is 7.89. The summed E-state index contributed by atoms with van der Waals surface area (Å²) in [5.74, 6) is -1.83. The summed E-state index contributed by atoms with van der Waals surface area (Å²) >= 11 is 0. The SMILES string of the molecule is O=C(Nc1cccc([N+](=O)[O-])c1)c1ccnc(C(=O)O)c1. The molecule has 0 unspecified atom stereocenters. The van der Waals surface area contributed by atoms with Gasteiger partial charge < -0.3 is 10.4 Å². The lowest BCUT2D eigenvalue weighted by Crippen LogP contribution is -2.13. The third-order valence-electron chi connectivity index (χ3n) is 2.56. The van der Waals surface area contributed by atoms with Crippen molar-refractivity contribution in [1.29, 1.82) is 0 Å². The summed E-state index contributed by atoms with van der Waals surface area (Å²) in [6.07, 6.45) is 1.20. The standard InChI is InChI=1S/C13H9N3O5/c17-12(8-4-5-14-11(6-8)13(18)19)15-9-2-1-3-10(7-9)16(20)21/h1-7H,(H,15,17)(H,18,19). The first-order chi connectivity index (χ1) is 9.97. The Hall–Kier alpha value is -3.29. The fraction of sp³-hybridized carbons (Fsp3) is 0. The van der Waals surface area contributed by atoms with Crippen molar-refractivity contribution in [2.75, 3.05) is 5.32 Å². The molecule has 1 aromatic carbocycles. The average Bonchev–Trinajstić information content (AvgIpc) is 2.47. The highest BCUT2D eigenvalue weighted by Crippen LogP contribution is 2.17. The van der Waals surface area contributed by atoms with Crippen molar-refractivity contribution >= 4 is 23.3 Å². The van der Waals surface area contributed by atoms with Gasteiger partial charge in [0.15, 0.2) is 0 Å². The number of nitro groups is 1. The van der Waals surface area contributed by atoms with Gasteiger partial charge in [-0.2, -0.15) is 0 Å². The van der Waals surface area contributed by atoms with E-state index in [4.69, 9.17) is 5.11 Å². The second-order valence-corrected chi connectivity index (χ2v) is 4.00. The monoisotopic (exact) mass is 287 g/mol. The molecule has 8 heteroatoms. The van der Waals surface area contributed by atoms with Gasteiger partial charge in [0.1, 0.15) is 5.69 Å². The van der Waals surface area contributed by atoms with Crippen LogP contribution in [0.25, 0.3) is 0 Å². The number of nitro benzene ring substituents is 1. The van der Waals surface area contributed by atoms with E-state index in [0.717, 1.165) is 6.07 Å². The Balaban J connectivity index is 2.22. The second-order valence-electron chi connectivity index (χ2n) is 4.00. The lowest BCUT2D eigenvalue weighted by Gasteiger charge is -2.05. The molecule has 0 spiro atoms. The van der Waals surface area contributed by atoms with Crippen molar-refractivity contribution in [3.63, 3.8) is 0 Å². The Morgan fingerprint density at radius 2 is 2.00 bits per heavy atom. The smallest absolute Gasteiger partial charge is 0.354 e. The molecule has 2 rings (SSSR count). The minimum atomic E-state index is -1.25. The summed E-state index contributed by atoms with van der Waals surface area (Å²) in [7, 11) is 0. The van der Waals surface area contributed by atoms with E-state index in [-0.39, 0.29) is 22.6 Å². The minimum absolute atomic E-state index is 0.0916. The maximum atomic E-state index is 12.0. The first kappa shape index (κ1) is 14.1. The summed E-state index contributed by atoms with van der Waals surface area (Å²) in [5.41, 5.74) is -0.0905. The molecule has 0 atom stereocenters. The molecule has 0 bridgehead atoms. The number of amides is 1. The van der Waals surface area contributed by atoms with E-state index in [0.29, 0.717) is 0 Å². The zero-order chi connectivity index (χ0) is 15.4. The van der Waals surface area contributed by atoms with Gasteiger partial charge in [-0.15, -0.1) is 0 Å². The third-order valence-corrected chi connectivity index (χ3v) is 2.56. The van der Waals surface area contributed by atoms with E-state index in [1.165, 1.54) is 36.5 Å². The fourth-order valence-corrected chi connectivity index (χ4v) is 1.59. The number of carbonyl (C=O) groups is 2. The van der Waals surface area contributed by atoms with Crippen molar-refractivity contribution in [2.24, 2.45) is 0 Å². The van der Waals surface area contributed by atoms with Crippen molar-refractivity contribution < 1.29 is 19.6 Å². The summed E-state index contributed by atoms with van der Waals surface area (Å²) in [5, 5.41) is 21.9. The molecule has 0 fully saturated rings. The number of hydrogen-bond donors (Lipinski definition) is 2. The van der Waals surface area contributed by atoms with Crippen LogP contribution in [-0.2, 0) is 0 Å². The van der Waals surface area contributed by atoms with E-state index in [1.54, 1.807) is 0 Å². The zero-order valence-electron chi connectivity index (χ0n) is 10.5. The summed E-state index contributed by atoms with van der Waals surface area (Å²) in [6.45, 7) is 0. The molecule has 1 aromatic heterocycles. The zero-order valence-corrected chi connectivity index (χ0v) is 10.5. The van der Waals surface area contributed by atoms with Gasteiger partial charge in [0.05, 0.1) is 4.92 Å². The van der Waals surface area contributed by atoms with Gasteiger partial charge in [0.2, 0.25) is 0 Å². The quantitative estimate of drug-likeness (QED) is 0.654. The van der Waals surface area contributed by atoms with Gasteiger partial charge in [-0.05, 0) is 18.2 Å². The Kier molecular flexibility index (Phi) is 3.89. The van der Waals surface area contributed by atoms with Crippen LogP contribution in [0.1, 0.15) is 20.8 Å². The molecule has 0 radical (unpaired) electrons. The van der Waals surface area contributed by atoms with E-state index >= 15 is 0 Å². The number of pyridine rings is 1. The van der Waals surface area contributed by atoms with E-state index in [2.05, 4.69) is 10.3 Å². The number of aromatic carboxylic acids is 1. The van der Waals surface area contributed by atoms with Crippen molar-refractivity contribution in [3.8, 4) is 0 Å². The van der Waals surface area contributed by atoms with Gasteiger partial charge in [-0.25, -0.2) is 9.78 Å². The van der Waals surface area contributed by atoms with Crippen LogP contribution in [-0.4, -0.2) is 26.9 Å². The first-order valence-electron chi connectivity index (χ1n) is 5.72. The van der Waals surface area contributed by atoms with E-state index in [1.807, 2.05) is 0 Å². The van der Waals surface area contributed by atoms with Gasteiger partial charge >= 0.3 is 5.97 Å². The number of hydrogen-bond acceptors (Lipinski definition) is 5. The number of rotatable bonds is 4. The summed E-state index contributed by atoms with van der Waals surface area (Å²) < 4.78 is 0. The number of nitrogens with zero attached hydrogens (tertiary/aromatic N) is 2. The van der Waals surface area contributed by atoms with Gasteiger partial charge in [-0.1, -0.05) is 6.07 Å². The molecular formula is C13H9N3O5. The van der Waals surface area contributed by atoms with Gasteiger partial charge in [0.25, 0.3) is 11.6 Å². The number of anilines is 1. The third kappa shape index (κ3) is 3.38. The normalized spacial score (nSPS) is 9.90. The van der Waals surface area contributed by atoms with Gasteiger partial charge in [0, 0.05) is 29.6 Å². The molecule has 106 valence electrons. The van der Waals surface area contributed by atoms with Gasteiger partial charge in [-0.3, -0.25) is 14.9 Å². The number of carboxylic acid groups (broad SMARTS) is 1. The van der Waals surface area contributed by atoms with Crippen LogP contribution in [0.3, 0.4) is 0 Å². The molecular weight excluding hydrogens is 278 g/mol. The number of carboxylic acids is 1. The van der Waals surface area contributed by atoms with Crippen LogP contribution in [0.5, 0.6) is 0 Å². The van der Waals surface area contributed by atoms with Crippen molar-refractivity contribution in [1.82, 2.24) is 4.98 Å². The minimum Gasteiger partial charge on any atom is -0.477 e. The molecule has 8 nitrogen and oxygen atoms in total. The molecule has 1 heterocycles. The van der Waals surface area contributed by atoms with Crippen LogP contribution < -0.4 is 5.32 Å². The Bertz CT molecular complexity index is 729. The molecule has 0 aliphatic heterocycles. The fourth-order valence-electron chi connectivity index (χ4n) is 1.59. The maximum absolute atomic E-state index is 12.0. The highest BCUT2D eigenvalue weighted by atomic mass is 16.6. The predicted molar refractivity (Wildman–Crippen MR) is 72.2 cm³/mol. The molecule has 0 aliphatic rings. The van der Waals surface area contributed by atoms with E-state index < -0.39 is 16.8 Å². The highest BCUT2D eigenvalue weighted by molar-refractivity contribution is 6.05. The molecule has 2 N–H and O–H groups in total. The number of nitrogens with one attached hydrogen (secondary N) is 1. The Morgan fingerprint density at radius 3 is 2.67 bits per heavy atom. The molecule has 0 saturated heterocycles. The number of benzene rings is 1. The number of aromatic nitrogens is 1. The van der Waals surface area contributed by atoms with Crippen LogP contribution in [0.15, 0.2) is 42.6 Å². The van der Waals surface area contributed by atoms with Crippen molar-refractivity contribution in [2.45, 2.75) is 0 Å². The maximum Gasteiger partial charge on any atom is 0.354 e. The molecule has 2 aromatic rings. The molecule has 1 amide bonds. The lowest BCUT2D eigenvalue weighted by molar-refractivity contribution is -0.384. The molecule has 21 heavy (non-hydrogen) atoms. The average molecular weight is 287 g/mol. The second kappa shape index (κ2) is 5.78. The van der Waals surface area contributed by atoms with Crippen LogP contribution in [0.2, 0.25) is 0 Å². The molecule has 0 aliphatic carbocycles. The largest absolute Gasteiger partial charge is 0.477 e. The predicted octanol–water partition coefficient (Wildman–Crippen LogP) is 1.94. The van der Waals surface area contributed by atoms with E-state index in [9.17, 15) is 19.7 Å². The van der Waals surface area contributed by atoms with Crippen LogP contribution in [0.4, 0.5) is 11.4 Å². The Morgan fingerprint density at radius 1 is 1.24 bits per heavy atom. The van der Waals surface area contributed by atoms with Crippen LogP contribution in [0, 0.1) is 10.1 Å². The summed E-state index contributed by atoms with van der Waals surface area (Å²) in [4.78, 5) is 36.4. The molecule has 0 saturated carbocycles. The van der Waals surface area contributed by atoms with Crippen molar-refractivity contribution in [3.05, 3.63) is 64.0 Å². The number of carbonyl (C=O) groups excluding carboxylic acids is 1. The Labute approximate surface area is 118 Å². The first-order valence-corrected chi connectivity index (χ1v) is 5.72. The highest BCUT2D eigenvalue weighted by Gasteiger charge is 2.12. The topological polar surface area (TPSA) is 122 Å². The number of non-ortho nitro benzene ring substituents is 1. The van der Waals surface area contributed by atoms with Crippen LogP contribution >= 0.6 is 0 Å².